The van der Waals surface area contributed by atoms with Crippen molar-refractivity contribution in [2.24, 2.45) is 5.73 Å². The van der Waals surface area contributed by atoms with Crippen LogP contribution in [-0.2, 0) is 4.79 Å². The summed E-state index contributed by atoms with van der Waals surface area (Å²) in [5, 5.41) is 2.90. The SMILES string of the molecule is Cl.NC12CC(NC(=O)COc3ccc(F)c(Cl)c3)(C1)C2. The molecular formula is C13H15Cl2FN2O2. The van der Waals surface area contributed by atoms with Crippen LogP contribution in [0.25, 0.3) is 0 Å². The highest BCUT2D eigenvalue weighted by Crippen LogP contribution is 2.58. The fourth-order valence-electron chi connectivity index (χ4n) is 3.05. The third-order valence-electron chi connectivity index (χ3n) is 3.74. The molecule has 3 fully saturated rings. The van der Waals surface area contributed by atoms with E-state index in [0.717, 1.165) is 19.3 Å². The lowest BCUT2D eigenvalue weighted by Crippen LogP contribution is -2.82. The van der Waals surface area contributed by atoms with Gasteiger partial charge in [0.15, 0.2) is 6.61 Å². The van der Waals surface area contributed by atoms with Crippen molar-refractivity contribution in [1.29, 1.82) is 0 Å². The Morgan fingerprint density at radius 3 is 2.65 bits per heavy atom. The highest BCUT2D eigenvalue weighted by Gasteiger charge is 2.66. The molecule has 1 amide bonds. The Labute approximate surface area is 127 Å². The van der Waals surface area contributed by atoms with Crippen LogP contribution in [-0.4, -0.2) is 23.6 Å². The van der Waals surface area contributed by atoms with E-state index in [1.807, 2.05) is 0 Å². The van der Waals surface area contributed by atoms with Gasteiger partial charge in [-0.2, -0.15) is 0 Å². The number of hydrogen-bond donors (Lipinski definition) is 2. The van der Waals surface area contributed by atoms with E-state index < -0.39 is 5.82 Å². The van der Waals surface area contributed by atoms with Crippen molar-refractivity contribution in [3.8, 4) is 5.75 Å². The molecule has 0 heterocycles. The average Bonchev–Trinajstić information content (AvgIpc) is 2.27. The Balaban J connectivity index is 0.00000147. The Morgan fingerprint density at radius 1 is 1.45 bits per heavy atom. The smallest absolute Gasteiger partial charge is 0.258 e. The maximum Gasteiger partial charge on any atom is 0.258 e. The summed E-state index contributed by atoms with van der Waals surface area (Å²) in [6.45, 7) is -0.110. The number of nitrogens with two attached hydrogens (primary N) is 1. The maximum absolute atomic E-state index is 12.9. The Kier molecular flexibility index (Phi) is 3.88. The molecule has 7 heteroatoms. The molecule has 20 heavy (non-hydrogen) atoms. The van der Waals surface area contributed by atoms with E-state index in [1.165, 1.54) is 18.2 Å². The van der Waals surface area contributed by atoms with Gasteiger partial charge in [-0.25, -0.2) is 4.39 Å². The molecule has 2 bridgehead atoms. The van der Waals surface area contributed by atoms with Crippen LogP contribution in [0.3, 0.4) is 0 Å². The molecule has 3 saturated carbocycles. The van der Waals surface area contributed by atoms with Gasteiger partial charge in [0, 0.05) is 17.1 Å². The van der Waals surface area contributed by atoms with E-state index in [0.29, 0.717) is 5.75 Å². The van der Waals surface area contributed by atoms with Crippen molar-refractivity contribution in [3.63, 3.8) is 0 Å². The molecule has 1 aromatic carbocycles. The highest BCUT2D eigenvalue weighted by molar-refractivity contribution is 6.30. The molecule has 0 unspecified atom stereocenters. The molecule has 0 aromatic heterocycles. The number of nitrogens with one attached hydrogen (secondary N) is 1. The summed E-state index contributed by atoms with van der Waals surface area (Å²) in [6.07, 6.45) is 2.52. The van der Waals surface area contributed by atoms with Crippen LogP contribution in [0.1, 0.15) is 19.3 Å². The molecule has 0 atom stereocenters. The lowest BCUT2D eigenvalue weighted by atomic mass is 9.44. The zero-order valence-electron chi connectivity index (χ0n) is 10.6. The van der Waals surface area contributed by atoms with Gasteiger partial charge in [-0.05, 0) is 31.4 Å². The van der Waals surface area contributed by atoms with Crippen molar-refractivity contribution >= 4 is 29.9 Å². The van der Waals surface area contributed by atoms with Crippen LogP contribution in [0.4, 0.5) is 4.39 Å². The van der Waals surface area contributed by atoms with Gasteiger partial charge in [-0.3, -0.25) is 4.79 Å². The maximum atomic E-state index is 12.9. The second kappa shape index (κ2) is 5.06. The van der Waals surface area contributed by atoms with Gasteiger partial charge in [-0.1, -0.05) is 11.6 Å². The van der Waals surface area contributed by atoms with Crippen molar-refractivity contribution in [2.75, 3.05) is 6.61 Å². The Hall–Kier alpha value is -1.04. The molecule has 4 nitrogen and oxygen atoms in total. The third kappa shape index (κ3) is 2.71. The zero-order valence-corrected chi connectivity index (χ0v) is 12.2. The molecule has 3 aliphatic rings. The normalized spacial score (nSPS) is 29.6. The number of ether oxygens (including phenoxy) is 1. The van der Waals surface area contributed by atoms with E-state index in [2.05, 4.69) is 5.32 Å². The summed E-state index contributed by atoms with van der Waals surface area (Å²) < 4.78 is 18.2. The molecule has 3 N–H and O–H groups in total. The number of amides is 1. The molecule has 4 rings (SSSR count). The lowest BCUT2D eigenvalue weighted by Gasteiger charge is -2.68. The first-order chi connectivity index (χ1) is 8.90. The monoisotopic (exact) mass is 320 g/mol. The van der Waals surface area contributed by atoms with Crippen molar-refractivity contribution < 1.29 is 13.9 Å². The van der Waals surface area contributed by atoms with Gasteiger partial charge in [0.1, 0.15) is 11.6 Å². The van der Waals surface area contributed by atoms with Crippen LogP contribution < -0.4 is 15.8 Å². The summed E-state index contributed by atoms with van der Waals surface area (Å²) in [5.41, 5.74) is 5.77. The second-order valence-electron chi connectivity index (χ2n) is 5.59. The first kappa shape index (κ1) is 15.4. The van der Waals surface area contributed by atoms with Crippen molar-refractivity contribution in [2.45, 2.75) is 30.3 Å². The van der Waals surface area contributed by atoms with E-state index >= 15 is 0 Å². The molecule has 0 spiro atoms. The highest BCUT2D eigenvalue weighted by atomic mass is 35.5. The predicted molar refractivity (Wildman–Crippen MR) is 75.8 cm³/mol. The minimum Gasteiger partial charge on any atom is -0.484 e. The fourth-order valence-corrected chi connectivity index (χ4v) is 3.22. The van der Waals surface area contributed by atoms with Crippen molar-refractivity contribution in [1.82, 2.24) is 5.32 Å². The Bertz CT molecular complexity index is 533. The van der Waals surface area contributed by atoms with Gasteiger partial charge in [0.25, 0.3) is 5.91 Å². The van der Waals surface area contributed by atoms with E-state index in [1.54, 1.807) is 0 Å². The van der Waals surface area contributed by atoms with E-state index in [9.17, 15) is 9.18 Å². The first-order valence-corrected chi connectivity index (χ1v) is 6.45. The average molecular weight is 321 g/mol. The Morgan fingerprint density at radius 2 is 2.10 bits per heavy atom. The number of carbonyl (C=O) groups is 1. The van der Waals surface area contributed by atoms with Crippen LogP contribution in [0.5, 0.6) is 5.75 Å². The molecule has 3 aliphatic carbocycles. The predicted octanol–water partition coefficient (Wildman–Crippen LogP) is 2.03. The largest absolute Gasteiger partial charge is 0.484 e. The summed E-state index contributed by atoms with van der Waals surface area (Å²) in [6, 6.07) is 3.99. The molecule has 0 aliphatic heterocycles. The van der Waals surface area contributed by atoms with Gasteiger partial charge < -0.3 is 15.8 Å². The van der Waals surface area contributed by atoms with Gasteiger partial charge in [0.05, 0.1) is 5.02 Å². The minimum atomic E-state index is -0.513. The molecular weight excluding hydrogens is 306 g/mol. The fraction of sp³-hybridized carbons (Fsp3) is 0.462. The summed E-state index contributed by atoms with van der Waals surface area (Å²) in [7, 11) is 0. The quantitative estimate of drug-likeness (QED) is 0.892. The molecule has 0 saturated heterocycles. The van der Waals surface area contributed by atoms with Gasteiger partial charge >= 0.3 is 0 Å². The minimum absolute atomic E-state index is 0. The topological polar surface area (TPSA) is 64.3 Å². The third-order valence-corrected chi connectivity index (χ3v) is 4.03. The van der Waals surface area contributed by atoms with Gasteiger partial charge in [0.2, 0.25) is 0 Å². The number of halogens is 3. The van der Waals surface area contributed by atoms with E-state index in [4.69, 9.17) is 22.1 Å². The van der Waals surface area contributed by atoms with Crippen molar-refractivity contribution in [3.05, 3.63) is 29.0 Å². The zero-order chi connectivity index (χ0) is 13.7. The van der Waals surface area contributed by atoms with Crippen LogP contribution in [0, 0.1) is 5.82 Å². The molecule has 0 radical (unpaired) electrons. The summed E-state index contributed by atoms with van der Waals surface area (Å²) in [5.74, 6) is -0.336. The lowest BCUT2D eigenvalue weighted by molar-refractivity contribution is -0.137. The molecule has 1 aromatic rings. The number of benzene rings is 1. The summed E-state index contributed by atoms with van der Waals surface area (Å²) in [4.78, 5) is 11.7. The van der Waals surface area contributed by atoms with Crippen LogP contribution in [0.15, 0.2) is 18.2 Å². The standard InChI is InChI=1S/C13H14ClFN2O2.ClH/c14-9-3-8(1-2-10(9)15)19-4-11(18)17-13-5-12(16,6-13)7-13;/h1-3H,4-7,16H2,(H,17,18);1H. The number of rotatable bonds is 4. The number of hydrogen-bond acceptors (Lipinski definition) is 3. The summed E-state index contributed by atoms with van der Waals surface area (Å²) >= 11 is 5.62. The van der Waals surface area contributed by atoms with Crippen LogP contribution >= 0.6 is 24.0 Å². The van der Waals surface area contributed by atoms with Crippen LogP contribution in [0.2, 0.25) is 5.02 Å². The number of carbonyl (C=O) groups excluding carboxylic acids is 1. The molecule has 110 valence electrons. The second-order valence-corrected chi connectivity index (χ2v) is 5.99. The first-order valence-electron chi connectivity index (χ1n) is 6.08. The van der Waals surface area contributed by atoms with E-state index in [-0.39, 0.29) is 41.0 Å². The van der Waals surface area contributed by atoms with Gasteiger partial charge in [-0.15, -0.1) is 12.4 Å².